The predicted molar refractivity (Wildman–Crippen MR) is 84.0 cm³/mol. The van der Waals surface area contributed by atoms with Crippen molar-refractivity contribution in [2.45, 2.75) is 76.5 Å². The maximum Gasteiger partial charge on any atom is 0.407 e. The quantitative estimate of drug-likeness (QED) is 0.792. The van der Waals surface area contributed by atoms with Crippen molar-refractivity contribution in [3.8, 4) is 12.3 Å². The van der Waals surface area contributed by atoms with Gasteiger partial charge in [0.25, 0.3) is 0 Å². The summed E-state index contributed by atoms with van der Waals surface area (Å²) >= 11 is 0. The summed E-state index contributed by atoms with van der Waals surface area (Å²) in [5.41, 5.74) is -0.167. The lowest BCUT2D eigenvalue weighted by Gasteiger charge is -2.48. The standard InChI is InChI=1S/C17H28N2O2/c1-4-17(5-2,6-3)19-12-15(13-19)21-16(20)18-14-10-8-7-9-11-14/h1,14-15H,5-13H2,2-3H3,(H,18,20). The lowest BCUT2D eigenvalue weighted by Crippen LogP contribution is -2.63. The molecule has 4 nitrogen and oxygen atoms in total. The van der Waals surface area contributed by atoms with Gasteiger partial charge in [-0.1, -0.05) is 39.0 Å². The van der Waals surface area contributed by atoms with Crippen LogP contribution in [0.2, 0.25) is 0 Å². The molecule has 0 aromatic carbocycles. The molecule has 1 aliphatic carbocycles. The molecule has 21 heavy (non-hydrogen) atoms. The van der Waals surface area contributed by atoms with Gasteiger partial charge in [-0.3, -0.25) is 4.90 Å². The van der Waals surface area contributed by atoms with Crippen LogP contribution in [0.15, 0.2) is 0 Å². The van der Waals surface area contributed by atoms with Crippen molar-refractivity contribution in [3.05, 3.63) is 0 Å². The minimum Gasteiger partial charge on any atom is -0.444 e. The molecule has 0 radical (unpaired) electrons. The van der Waals surface area contributed by atoms with Crippen LogP contribution < -0.4 is 5.32 Å². The molecule has 2 rings (SSSR count). The van der Waals surface area contributed by atoms with E-state index in [1.165, 1.54) is 19.3 Å². The van der Waals surface area contributed by atoms with Crippen LogP contribution in [0.25, 0.3) is 0 Å². The fourth-order valence-electron chi connectivity index (χ4n) is 3.45. The number of rotatable bonds is 5. The monoisotopic (exact) mass is 292 g/mol. The second-order valence-corrected chi connectivity index (χ2v) is 6.29. The fourth-order valence-corrected chi connectivity index (χ4v) is 3.45. The minimum atomic E-state index is -0.258. The first kappa shape index (κ1) is 16.2. The number of likely N-dealkylation sites (tertiary alicyclic amines) is 1. The number of hydrogen-bond donors (Lipinski definition) is 1. The molecular weight excluding hydrogens is 264 g/mol. The molecule has 0 aromatic heterocycles. The summed E-state index contributed by atoms with van der Waals surface area (Å²) in [6.45, 7) is 5.74. The van der Waals surface area contributed by atoms with Crippen LogP contribution in [0, 0.1) is 12.3 Å². The van der Waals surface area contributed by atoms with E-state index in [2.05, 4.69) is 30.0 Å². The van der Waals surface area contributed by atoms with Crippen LogP contribution in [0.4, 0.5) is 4.79 Å². The zero-order chi connectivity index (χ0) is 15.3. The molecule has 0 spiro atoms. The van der Waals surface area contributed by atoms with Crippen LogP contribution >= 0.6 is 0 Å². The highest BCUT2D eigenvalue weighted by Gasteiger charge is 2.42. The van der Waals surface area contributed by atoms with E-state index in [9.17, 15) is 4.79 Å². The Bertz CT molecular complexity index is 386. The number of ether oxygens (including phenoxy) is 1. The van der Waals surface area contributed by atoms with Gasteiger partial charge in [-0.25, -0.2) is 4.79 Å². The highest BCUT2D eigenvalue weighted by molar-refractivity contribution is 5.68. The second kappa shape index (κ2) is 7.17. The fraction of sp³-hybridized carbons (Fsp3) is 0.824. The number of amides is 1. The van der Waals surface area contributed by atoms with Gasteiger partial charge in [0.15, 0.2) is 0 Å². The van der Waals surface area contributed by atoms with E-state index in [0.717, 1.165) is 38.8 Å². The van der Waals surface area contributed by atoms with E-state index < -0.39 is 0 Å². The Labute approximate surface area is 128 Å². The van der Waals surface area contributed by atoms with Crippen molar-refractivity contribution in [2.24, 2.45) is 0 Å². The van der Waals surface area contributed by atoms with Crippen LogP contribution in [-0.4, -0.2) is 41.8 Å². The van der Waals surface area contributed by atoms with Crippen molar-refractivity contribution in [2.75, 3.05) is 13.1 Å². The topological polar surface area (TPSA) is 41.6 Å². The Morgan fingerprint density at radius 1 is 1.29 bits per heavy atom. The Balaban J connectivity index is 1.72. The van der Waals surface area contributed by atoms with Gasteiger partial charge in [-0.05, 0) is 25.7 Å². The molecule has 0 aromatic rings. The molecule has 1 N–H and O–H groups in total. The maximum absolute atomic E-state index is 11.9. The molecule has 1 heterocycles. The van der Waals surface area contributed by atoms with Gasteiger partial charge in [0.2, 0.25) is 0 Å². The Morgan fingerprint density at radius 2 is 1.90 bits per heavy atom. The lowest BCUT2D eigenvalue weighted by molar-refractivity contribution is -0.0573. The van der Waals surface area contributed by atoms with E-state index in [4.69, 9.17) is 11.2 Å². The molecular formula is C17H28N2O2. The summed E-state index contributed by atoms with van der Waals surface area (Å²) in [7, 11) is 0. The molecule has 2 aliphatic rings. The van der Waals surface area contributed by atoms with Crippen LogP contribution in [0.1, 0.15) is 58.8 Å². The summed E-state index contributed by atoms with van der Waals surface area (Å²) in [6.07, 6.45) is 13.2. The largest absolute Gasteiger partial charge is 0.444 e. The summed E-state index contributed by atoms with van der Waals surface area (Å²) < 4.78 is 5.49. The normalized spacial score (nSPS) is 21.4. The highest BCUT2D eigenvalue weighted by Crippen LogP contribution is 2.29. The number of carbonyl (C=O) groups is 1. The molecule has 1 saturated carbocycles. The van der Waals surface area contributed by atoms with Gasteiger partial charge in [0, 0.05) is 19.1 Å². The number of nitrogens with zero attached hydrogens (tertiary/aromatic N) is 1. The van der Waals surface area contributed by atoms with E-state index in [0.29, 0.717) is 6.04 Å². The van der Waals surface area contributed by atoms with Crippen molar-refractivity contribution < 1.29 is 9.53 Å². The molecule has 0 unspecified atom stereocenters. The van der Waals surface area contributed by atoms with Gasteiger partial charge in [-0.15, -0.1) is 6.42 Å². The minimum absolute atomic E-state index is 0.0144. The van der Waals surface area contributed by atoms with Crippen molar-refractivity contribution in [1.82, 2.24) is 10.2 Å². The molecule has 1 saturated heterocycles. The number of carbonyl (C=O) groups excluding carboxylic acids is 1. The smallest absolute Gasteiger partial charge is 0.407 e. The Morgan fingerprint density at radius 3 is 2.43 bits per heavy atom. The second-order valence-electron chi connectivity index (χ2n) is 6.29. The van der Waals surface area contributed by atoms with Crippen LogP contribution in [-0.2, 0) is 4.74 Å². The summed E-state index contributed by atoms with van der Waals surface area (Å²) in [6, 6.07) is 0.304. The van der Waals surface area contributed by atoms with E-state index in [1.807, 2.05) is 0 Å². The first-order valence-corrected chi connectivity index (χ1v) is 8.33. The first-order chi connectivity index (χ1) is 10.1. The Kier molecular flexibility index (Phi) is 5.52. The molecule has 0 bridgehead atoms. The van der Waals surface area contributed by atoms with E-state index >= 15 is 0 Å². The average molecular weight is 292 g/mol. The van der Waals surface area contributed by atoms with Gasteiger partial charge < -0.3 is 10.1 Å². The third-order valence-corrected chi connectivity index (χ3v) is 5.09. The summed E-state index contributed by atoms with van der Waals surface area (Å²) in [4.78, 5) is 14.1. The van der Waals surface area contributed by atoms with Crippen LogP contribution in [0.3, 0.4) is 0 Å². The molecule has 1 amide bonds. The van der Waals surface area contributed by atoms with Crippen molar-refractivity contribution in [3.63, 3.8) is 0 Å². The molecule has 4 heteroatoms. The third-order valence-electron chi connectivity index (χ3n) is 5.09. The average Bonchev–Trinajstić information content (AvgIpc) is 2.47. The maximum atomic E-state index is 11.9. The number of terminal acetylenes is 1. The molecule has 0 atom stereocenters. The number of hydrogen-bond acceptors (Lipinski definition) is 3. The number of nitrogens with one attached hydrogen (secondary N) is 1. The predicted octanol–water partition coefficient (Wildman–Crippen LogP) is 2.92. The van der Waals surface area contributed by atoms with E-state index in [-0.39, 0.29) is 17.7 Å². The van der Waals surface area contributed by atoms with Gasteiger partial charge in [0.1, 0.15) is 6.10 Å². The number of alkyl carbamates (subject to hydrolysis) is 1. The van der Waals surface area contributed by atoms with Gasteiger partial charge in [-0.2, -0.15) is 0 Å². The summed E-state index contributed by atoms with van der Waals surface area (Å²) in [5.74, 6) is 2.93. The van der Waals surface area contributed by atoms with Crippen molar-refractivity contribution in [1.29, 1.82) is 0 Å². The first-order valence-electron chi connectivity index (χ1n) is 8.33. The molecule has 118 valence electrons. The highest BCUT2D eigenvalue weighted by atomic mass is 16.6. The van der Waals surface area contributed by atoms with Crippen LogP contribution in [0.5, 0.6) is 0 Å². The van der Waals surface area contributed by atoms with Crippen molar-refractivity contribution >= 4 is 6.09 Å². The summed E-state index contributed by atoms with van der Waals surface area (Å²) in [5, 5.41) is 2.99. The lowest BCUT2D eigenvalue weighted by atomic mass is 9.88. The van der Waals surface area contributed by atoms with Gasteiger partial charge in [0.05, 0.1) is 5.54 Å². The zero-order valence-corrected chi connectivity index (χ0v) is 13.4. The van der Waals surface area contributed by atoms with E-state index in [1.54, 1.807) is 0 Å². The zero-order valence-electron chi connectivity index (χ0n) is 13.4. The Hall–Kier alpha value is -1.21. The van der Waals surface area contributed by atoms with Gasteiger partial charge >= 0.3 is 6.09 Å². The molecule has 1 aliphatic heterocycles. The third kappa shape index (κ3) is 3.71. The SMILES string of the molecule is C#CC(CC)(CC)N1CC(OC(=O)NC2CCCCC2)C1. The molecule has 2 fully saturated rings.